The summed E-state index contributed by atoms with van der Waals surface area (Å²) in [6, 6.07) is 11.0. The van der Waals surface area contributed by atoms with E-state index in [9.17, 15) is 24.1 Å². The van der Waals surface area contributed by atoms with Crippen LogP contribution in [0, 0.1) is 15.9 Å². The van der Waals surface area contributed by atoms with Gasteiger partial charge in [-0.1, -0.05) is 23.1 Å². The van der Waals surface area contributed by atoms with Crippen LogP contribution in [0.5, 0.6) is 5.75 Å². The maximum absolute atomic E-state index is 13.2. The van der Waals surface area contributed by atoms with E-state index in [0.717, 1.165) is 23.1 Å². The lowest BCUT2D eigenvalue weighted by Gasteiger charge is -2.03. The topological polar surface area (TPSA) is 154 Å². The molecule has 0 bridgehead atoms. The molecular weight excluding hydrogens is 513 g/mol. The van der Waals surface area contributed by atoms with Crippen molar-refractivity contribution in [3.8, 4) is 11.4 Å². The van der Waals surface area contributed by atoms with E-state index in [0.29, 0.717) is 15.7 Å². The Kier molecular flexibility index (Phi) is 7.50. The summed E-state index contributed by atoms with van der Waals surface area (Å²) in [5.41, 5.74) is 0.875. The Labute approximate surface area is 210 Å². The number of aromatic nitrogens is 4. The number of ether oxygens (including phenoxy) is 1. The number of carbonyl (C=O) groups is 2. The van der Waals surface area contributed by atoms with Crippen LogP contribution in [0.3, 0.4) is 0 Å². The van der Waals surface area contributed by atoms with Crippen molar-refractivity contribution >= 4 is 51.4 Å². The summed E-state index contributed by atoms with van der Waals surface area (Å²) in [4.78, 5) is 35.1. The average Bonchev–Trinajstić information content (AvgIpc) is 3.50. The third kappa shape index (κ3) is 6.00. The third-order valence-corrected chi connectivity index (χ3v) is 6.49. The molecule has 0 unspecified atom stereocenters. The first kappa shape index (κ1) is 24.7. The van der Waals surface area contributed by atoms with E-state index in [1.165, 1.54) is 66.5 Å². The maximum atomic E-state index is 13.2. The fraction of sp³-hybridized carbons (Fsp3) is 0.0952. The lowest BCUT2D eigenvalue weighted by atomic mass is 10.3. The van der Waals surface area contributed by atoms with Gasteiger partial charge < -0.3 is 10.1 Å². The smallest absolute Gasteiger partial charge is 0.281 e. The number of anilines is 2. The second-order valence-corrected chi connectivity index (χ2v) is 9.14. The number of nitrogens with one attached hydrogen (secondary N) is 2. The van der Waals surface area contributed by atoms with E-state index >= 15 is 0 Å². The number of hydrogen-bond donors (Lipinski definition) is 2. The summed E-state index contributed by atoms with van der Waals surface area (Å²) in [6.45, 7) is 0. The molecule has 0 aliphatic heterocycles. The van der Waals surface area contributed by atoms with Gasteiger partial charge in [0.2, 0.25) is 11.0 Å². The van der Waals surface area contributed by atoms with Crippen molar-refractivity contribution in [1.82, 2.24) is 20.0 Å². The Hall–Kier alpha value is -4.37. The van der Waals surface area contributed by atoms with E-state index in [1.54, 1.807) is 0 Å². The van der Waals surface area contributed by atoms with Crippen molar-refractivity contribution in [1.29, 1.82) is 0 Å². The van der Waals surface area contributed by atoms with Crippen molar-refractivity contribution in [3.05, 3.63) is 76.4 Å². The highest BCUT2D eigenvalue weighted by Crippen LogP contribution is 2.27. The minimum absolute atomic E-state index is 0.00583. The van der Waals surface area contributed by atoms with Crippen molar-refractivity contribution in [2.45, 2.75) is 4.34 Å². The first-order valence-electron chi connectivity index (χ1n) is 10.0. The molecule has 4 rings (SSSR count). The van der Waals surface area contributed by atoms with Gasteiger partial charge in [0.1, 0.15) is 5.82 Å². The van der Waals surface area contributed by atoms with Crippen LogP contribution in [0.15, 0.2) is 59.1 Å². The van der Waals surface area contributed by atoms with Crippen LogP contribution in [-0.2, 0) is 4.79 Å². The molecule has 15 heteroatoms. The standard InChI is InChI=1S/C21H16FN7O5S2/c1-34-16-10-28(14-6-2-12(22)3-7-14)27-18(16)19(31)24-20-25-26-21(36-20)35-11-17(30)23-13-4-8-15(9-5-13)29(32)33/h2-10H,11H2,1H3,(H,23,30)(H,24,25,31). The number of amides is 2. The fourth-order valence-corrected chi connectivity index (χ4v) is 4.40. The van der Waals surface area contributed by atoms with Gasteiger partial charge >= 0.3 is 0 Å². The second kappa shape index (κ2) is 10.9. The van der Waals surface area contributed by atoms with Crippen molar-refractivity contribution < 1.29 is 23.6 Å². The predicted octanol–water partition coefficient (Wildman–Crippen LogP) is 3.76. The first-order valence-corrected chi connectivity index (χ1v) is 11.8. The molecule has 0 aliphatic carbocycles. The van der Waals surface area contributed by atoms with Crippen LogP contribution < -0.4 is 15.4 Å². The zero-order chi connectivity index (χ0) is 25.7. The first-order chi connectivity index (χ1) is 17.3. The molecule has 0 saturated heterocycles. The number of halogens is 1. The molecular formula is C21H16FN7O5S2. The summed E-state index contributed by atoms with van der Waals surface area (Å²) < 4.78 is 20.2. The zero-order valence-corrected chi connectivity index (χ0v) is 20.0. The van der Waals surface area contributed by atoms with Crippen LogP contribution in [0.2, 0.25) is 0 Å². The Bertz CT molecular complexity index is 1410. The van der Waals surface area contributed by atoms with E-state index in [1.807, 2.05) is 0 Å². The van der Waals surface area contributed by atoms with Gasteiger partial charge in [0.15, 0.2) is 15.8 Å². The molecule has 0 fully saturated rings. The monoisotopic (exact) mass is 529 g/mol. The number of nitro benzene ring substituents is 1. The highest BCUT2D eigenvalue weighted by atomic mass is 32.2. The van der Waals surface area contributed by atoms with Gasteiger partial charge in [-0.05, 0) is 36.4 Å². The summed E-state index contributed by atoms with van der Waals surface area (Å²) in [6.07, 6.45) is 1.49. The Morgan fingerprint density at radius 3 is 2.53 bits per heavy atom. The maximum Gasteiger partial charge on any atom is 0.281 e. The molecule has 12 nitrogen and oxygen atoms in total. The molecule has 0 aliphatic rings. The highest BCUT2D eigenvalue weighted by Gasteiger charge is 2.20. The number of nitro groups is 1. The molecule has 0 radical (unpaired) electrons. The summed E-state index contributed by atoms with van der Waals surface area (Å²) in [7, 11) is 1.39. The van der Waals surface area contributed by atoms with Crippen LogP contribution in [0.1, 0.15) is 10.5 Å². The largest absolute Gasteiger partial charge is 0.493 e. The number of carbonyl (C=O) groups excluding carboxylic acids is 2. The number of hydrogen-bond acceptors (Lipinski definition) is 10. The van der Waals surface area contributed by atoms with E-state index < -0.39 is 16.6 Å². The Balaban J connectivity index is 1.34. The number of nitrogens with zero attached hydrogens (tertiary/aromatic N) is 5. The number of methoxy groups -OCH3 is 1. The lowest BCUT2D eigenvalue weighted by molar-refractivity contribution is -0.384. The molecule has 2 heterocycles. The van der Waals surface area contributed by atoms with Gasteiger partial charge in [0, 0.05) is 17.8 Å². The molecule has 184 valence electrons. The van der Waals surface area contributed by atoms with Gasteiger partial charge in [-0.2, -0.15) is 5.10 Å². The highest BCUT2D eigenvalue weighted by molar-refractivity contribution is 8.01. The fourth-order valence-electron chi connectivity index (χ4n) is 2.86. The SMILES string of the molecule is COc1cn(-c2ccc(F)cc2)nc1C(=O)Nc1nnc(SCC(=O)Nc2ccc([N+](=O)[O-])cc2)s1. The molecule has 2 aromatic heterocycles. The molecule has 2 amide bonds. The number of non-ortho nitro benzene ring substituents is 1. The lowest BCUT2D eigenvalue weighted by Crippen LogP contribution is -2.14. The van der Waals surface area contributed by atoms with Crippen LogP contribution >= 0.6 is 23.1 Å². The van der Waals surface area contributed by atoms with Crippen molar-refractivity contribution in [2.75, 3.05) is 23.5 Å². The second-order valence-electron chi connectivity index (χ2n) is 6.94. The number of benzene rings is 2. The minimum Gasteiger partial charge on any atom is -0.493 e. The molecule has 36 heavy (non-hydrogen) atoms. The molecule has 4 aromatic rings. The normalized spacial score (nSPS) is 10.6. The van der Waals surface area contributed by atoms with Gasteiger partial charge in [-0.3, -0.25) is 25.0 Å². The molecule has 2 N–H and O–H groups in total. The Morgan fingerprint density at radius 1 is 1.14 bits per heavy atom. The van der Waals surface area contributed by atoms with E-state index in [2.05, 4.69) is 25.9 Å². The molecule has 0 saturated carbocycles. The predicted molar refractivity (Wildman–Crippen MR) is 130 cm³/mol. The minimum atomic E-state index is -0.587. The number of rotatable bonds is 9. The quantitative estimate of drug-likeness (QED) is 0.143. The van der Waals surface area contributed by atoms with Gasteiger partial charge in [-0.15, -0.1) is 10.2 Å². The van der Waals surface area contributed by atoms with Crippen LogP contribution in [0.25, 0.3) is 5.69 Å². The molecule has 2 aromatic carbocycles. The van der Waals surface area contributed by atoms with Crippen molar-refractivity contribution in [2.24, 2.45) is 0 Å². The van der Waals surface area contributed by atoms with Gasteiger partial charge in [0.25, 0.3) is 11.6 Å². The summed E-state index contributed by atoms with van der Waals surface area (Å²) in [5, 5.41) is 28.2. The number of thioether (sulfide) groups is 1. The Morgan fingerprint density at radius 2 is 1.86 bits per heavy atom. The van der Waals surface area contributed by atoms with Crippen molar-refractivity contribution in [3.63, 3.8) is 0 Å². The third-order valence-electron chi connectivity index (χ3n) is 4.52. The van der Waals surface area contributed by atoms with Crippen LogP contribution in [-0.4, -0.2) is 49.6 Å². The zero-order valence-electron chi connectivity index (χ0n) is 18.4. The van der Waals surface area contributed by atoms with Gasteiger partial charge in [-0.25, -0.2) is 9.07 Å². The molecule has 0 atom stereocenters. The van der Waals surface area contributed by atoms with E-state index in [-0.39, 0.29) is 33.9 Å². The van der Waals surface area contributed by atoms with Gasteiger partial charge in [0.05, 0.1) is 29.7 Å². The van der Waals surface area contributed by atoms with Crippen LogP contribution in [0.4, 0.5) is 20.9 Å². The summed E-state index contributed by atoms with van der Waals surface area (Å²) >= 11 is 2.17. The average molecular weight is 530 g/mol. The van der Waals surface area contributed by atoms with E-state index in [4.69, 9.17) is 4.74 Å². The summed E-state index contributed by atoms with van der Waals surface area (Å²) in [5.74, 6) is -1.11. The molecule has 0 spiro atoms.